The number of hydrogen-bond acceptors (Lipinski definition) is 4. The predicted molar refractivity (Wildman–Crippen MR) is 48.1 cm³/mol. The van der Waals surface area contributed by atoms with Gasteiger partial charge in [0.05, 0.1) is 13.2 Å². The van der Waals surface area contributed by atoms with Crippen LogP contribution in [0.1, 0.15) is 13.8 Å². The Labute approximate surface area is 81.9 Å². The number of rotatable bonds is 4. The number of amides is 1. The standard InChI is InChI=1S/C7H13ClN2O3/c1-4(10-8)6(11)9-5(2)7(12)13-3/h4-5,10H,1-3H3,(H,9,11)/t4-,5-/m0/s1. The summed E-state index contributed by atoms with van der Waals surface area (Å²) in [6, 6.07) is -1.21. The van der Waals surface area contributed by atoms with Gasteiger partial charge in [0.15, 0.2) is 0 Å². The Hall–Kier alpha value is -0.810. The summed E-state index contributed by atoms with van der Waals surface area (Å²) in [5.74, 6) is -0.844. The van der Waals surface area contributed by atoms with Gasteiger partial charge in [-0.05, 0) is 25.6 Å². The lowest BCUT2D eigenvalue weighted by Gasteiger charge is -2.14. The Morgan fingerprint density at radius 1 is 1.31 bits per heavy atom. The molecule has 0 aromatic heterocycles. The highest BCUT2D eigenvalue weighted by atomic mass is 35.5. The van der Waals surface area contributed by atoms with E-state index < -0.39 is 18.1 Å². The van der Waals surface area contributed by atoms with Gasteiger partial charge in [0.25, 0.3) is 0 Å². The molecule has 2 N–H and O–H groups in total. The summed E-state index contributed by atoms with van der Waals surface area (Å²) in [5.41, 5.74) is 0. The third-order valence-electron chi connectivity index (χ3n) is 1.47. The van der Waals surface area contributed by atoms with Gasteiger partial charge in [-0.2, -0.15) is 0 Å². The molecule has 0 bridgehead atoms. The van der Waals surface area contributed by atoms with Crippen LogP contribution in [0.15, 0.2) is 0 Å². The maximum absolute atomic E-state index is 11.1. The first-order chi connectivity index (χ1) is 6.02. The quantitative estimate of drug-likeness (QED) is 0.496. The molecule has 0 aliphatic carbocycles. The summed E-state index contributed by atoms with van der Waals surface area (Å²) in [5, 5.41) is 2.42. The Morgan fingerprint density at radius 3 is 2.23 bits per heavy atom. The molecule has 0 saturated carbocycles. The number of carbonyl (C=O) groups is 2. The fourth-order valence-electron chi connectivity index (χ4n) is 0.624. The number of nitrogens with one attached hydrogen (secondary N) is 2. The van der Waals surface area contributed by atoms with Gasteiger partial charge in [-0.15, -0.1) is 0 Å². The average Bonchev–Trinajstić information content (AvgIpc) is 2.14. The second-order valence-corrected chi connectivity index (χ2v) is 2.80. The zero-order valence-electron chi connectivity index (χ0n) is 7.76. The number of hydrogen-bond donors (Lipinski definition) is 2. The van der Waals surface area contributed by atoms with Crippen molar-refractivity contribution in [3.8, 4) is 0 Å². The van der Waals surface area contributed by atoms with E-state index in [-0.39, 0.29) is 5.91 Å². The average molecular weight is 209 g/mol. The number of ether oxygens (including phenoxy) is 1. The number of carbonyl (C=O) groups excluding carboxylic acids is 2. The predicted octanol–water partition coefficient (Wildman–Crippen LogP) is -0.204. The second-order valence-electron chi connectivity index (χ2n) is 2.58. The molecule has 0 aliphatic heterocycles. The van der Waals surface area contributed by atoms with Gasteiger partial charge in [-0.1, -0.05) is 0 Å². The molecule has 1 amide bonds. The molecule has 76 valence electrons. The number of esters is 1. The molecule has 0 aromatic carbocycles. The maximum Gasteiger partial charge on any atom is 0.328 e. The van der Waals surface area contributed by atoms with Gasteiger partial charge in [0.2, 0.25) is 5.91 Å². The van der Waals surface area contributed by atoms with Crippen LogP contribution in [0.3, 0.4) is 0 Å². The summed E-state index contributed by atoms with van der Waals surface area (Å²) < 4.78 is 4.42. The summed E-state index contributed by atoms with van der Waals surface area (Å²) >= 11 is 5.22. The highest BCUT2D eigenvalue weighted by Crippen LogP contribution is 1.89. The number of methoxy groups -OCH3 is 1. The Morgan fingerprint density at radius 2 is 1.85 bits per heavy atom. The second kappa shape index (κ2) is 5.77. The Balaban J connectivity index is 3.98. The third kappa shape index (κ3) is 4.10. The van der Waals surface area contributed by atoms with E-state index in [1.807, 2.05) is 0 Å². The fourth-order valence-corrected chi connectivity index (χ4v) is 0.723. The molecule has 5 nitrogen and oxygen atoms in total. The lowest BCUT2D eigenvalue weighted by atomic mass is 10.3. The van der Waals surface area contributed by atoms with Crippen molar-refractivity contribution in [1.82, 2.24) is 10.2 Å². The molecule has 6 heteroatoms. The zero-order valence-corrected chi connectivity index (χ0v) is 8.51. The summed E-state index contributed by atoms with van der Waals surface area (Å²) in [4.78, 5) is 24.2. The van der Waals surface area contributed by atoms with E-state index in [4.69, 9.17) is 11.8 Å². The summed E-state index contributed by atoms with van der Waals surface area (Å²) in [6.45, 7) is 3.11. The lowest BCUT2D eigenvalue weighted by molar-refractivity contribution is -0.144. The first kappa shape index (κ1) is 12.2. The first-order valence-electron chi connectivity index (χ1n) is 3.77. The van der Waals surface area contributed by atoms with Crippen LogP contribution in [-0.4, -0.2) is 31.1 Å². The van der Waals surface area contributed by atoms with Crippen molar-refractivity contribution in [1.29, 1.82) is 0 Å². The molecular formula is C7H13ClN2O3. The van der Waals surface area contributed by atoms with Crippen LogP contribution < -0.4 is 10.2 Å². The molecule has 0 fully saturated rings. The van der Waals surface area contributed by atoms with E-state index in [1.54, 1.807) is 6.92 Å². The van der Waals surface area contributed by atoms with Gasteiger partial charge in [-0.25, -0.2) is 9.63 Å². The Kier molecular flexibility index (Phi) is 5.41. The van der Waals surface area contributed by atoms with Crippen molar-refractivity contribution in [2.75, 3.05) is 7.11 Å². The van der Waals surface area contributed by atoms with Gasteiger partial charge < -0.3 is 10.1 Å². The molecule has 13 heavy (non-hydrogen) atoms. The maximum atomic E-state index is 11.1. The highest BCUT2D eigenvalue weighted by Gasteiger charge is 2.18. The molecule has 0 rings (SSSR count). The monoisotopic (exact) mass is 208 g/mol. The van der Waals surface area contributed by atoms with E-state index in [0.717, 1.165) is 0 Å². The van der Waals surface area contributed by atoms with Crippen LogP contribution in [0.5, 0.6) is 0 Å². The molecule has 0 aromatic rings. The molecular weight excluding hydrogens is 196 g/mol. The van der Waals surface area contributed by atoms with Gasteiger partial charge in [-0.3, -0.25) is 4.79 Å². The molecule has 0 saturated heterocycles. The highest BCUT2D eigenvalue weighted by molar-refractivity contribution is 6.15. The topological polar surface area (TPSA) is 67.4 Å². The zero-order chi connectivity index (χ0) is 10.4. The molecule has 0 heterocycles. The van der Waals surface area contributed by atoms with Crippen LogP contribution in [0.25, 0.3) is 0 Å². The van der Waals surface area contributed by atoms with Crippen molar-refractivity contribution in [2.45, 2.75) is 25.9 Å². The number of halogens is 1. The van der Waals surface area contributed by atoms with Gasteiger partial charge in [0, 0.05) is 0 Å². The van der Waals surface area contributed by atoms with Crippen LogP contribution in [-0.2, 0) is 14.3 Å². The molecule has 0 aliphatic rings. The molecule has 0 unspecified atom stereocenters. The van der Waals surface area contributed by atoms with Crippen molar-refractivity contribution in [3.63, 3.8) is 0 Å². The molecule has 0 spiro atoms. The smallest absolute Gasteiger partial charge is 0.328 e. The normalized spacial score (nSPS) is 14.5. The molecule has 0 radical (unpaired) electrons. The Bertz CT molecular complexity index is 198. The molecule has 2 atom stereocenters. The van der Waals surface area contributed by atoms with E-state index in [9.17, 15) is 9.59 Å². The largest absolute Gasteiger partial charge is 0.467 e. The van der Waals surface area contributed by atoms with Crippen LogP contribution in [0, 0.1) is 0 Å². The van der Waals surface area contributed by atoms with Gasteiger partial charge >= 0.3 is 5.97 Å². The van der Waals surface area contributed by atoms with Crippen molar-refractivity contribution < 1.29 is 14.3 Å². The van der Waals surface area contributed by atoms with E-state index in [1.165, 1.54) is 14.0 Å². The fraction of sp³-hybridized carbons (Fsp3) is 0.714. The van der Waals surface area contributed by atoms with Crippen LogP contribution in [0.4, 0.5) is 0 Å². The summed E-state index contributed by atoms with van der Waals surface area (Å²) in [6.07, 6.45) is 0. The SMILES string of the molecule is COC(=O)[C@H](C)NC(=O)[C@H](C)NCl. The van der Waals surface area contributed by atoms with E-state index >= 15 is 0 Å². The van der Waals surface area contributed by atoms with E-state index in [0.29, 0.717) is 0 Å². The lowest BCUT2D eigenvalue weighted by Crippen LogP contribution is -2.46. The minimum absolute atomic E-state index is 0.354. The van der Waals surface area contributed by atoms with Crippen LogP contribution in [0.2, 0.25) is 0 Å². The van der Waals surface area contributed by atoms with E-state index in [2.05, 4.69) is 14.9 Å². The minimum Gasteiger partial charge on any atom is -0.467 e. The van der Waals surface area contributed by atoms with Crippen molar-refractivity contribution >= 4 is 23.7 Å². The summed E-state index contributed by atoms with van der Waals surface area (Å²) in [7, 11) is 1.26. The van der Waals surface area contributed by atoms with Crippen molar-refractivity contribution in [2.24, 2.45) is 0 Å². The van der Waals surface area contributed by atoms with Gasteiger partial charge in [0.1, 0.15) is 6.04 Å². The van der Waals surface area contributed by atoms with Crippen LogP contribution >= 0.6 is 11.8 Å². The minimum atomic E-state index is -0.662. The first-order valence-corrected chi connectivity index (χ1v) is 4.15. The van der Waals surface area contributed by atoms with Crippen molar-refractivity contribution in [3.05, 3.63) is 0 Å². The third-order valence-corrected chi connectivity index (χ3v) is 1.80.